The second-order valence-electron chi connectivity index (χ2n) is 3.29. The molecule has 1 heterocycles. The first-order valence-corrected chi connectivity index (χ1v) is 3.83. The minimum atomic E-state index is 0.158. The zero-order valence-corrected chi connectivity index (χ0v) is 5.94. The highest BCUT2D eigenvalue weighted by Gasteiger charge is 2.39. The molecule has 3 heteroatoms. The van der Waals surface area contributed by atoms with Gasteiger partial charge in [-0.2, -0.15) is 0 Å². The summed E-state index contributed by atoms with van der Waals surface area (Å²) in [5, 5.41) is 6.14. The first kappa shape index (κ1) is 6.16. The van der Waals surface area contributed by atoms with Crippen molar-refractivity contribution in [3.8, 4) is 0 Å². The zero-order chi connectivity index (χ0) is 7.03. The summed E-state index contributed by atoms with van der Waals surface area (Å²) in [4.78, 5) is 10.9. The summed E-state index contributed by atoms with van der Waals surface area (Å²) in [6.07, 6.45) is 3.58. The van der Waals surface area contributed by atoms with Crippen molar-refractivity contribution in [3.05, 3.63) is 0 Å². The van der Waals surface area contributed by atoms with Gasteiger partial charge in [-0.3, -0.25) is 4.79 Å². The Morgan fingerprint density at radius 2 is 2.20 bits per heavy atom. The molecule has 56 valence electrons. The molecule has 2 N–H and O–H groups in total. The number of nitrogens with one attached hydrogen (secondary N) is 2. The fourth-order valence-electron chi connectivity index (χ4n) is 1.70. The van der Waals surface area contributed by atoms with Crippen molar-refractivity contribution in [1.82, 2.24) is 10.6 Å². The molecule has 3 nitrogen and oxygen atoms in total. The Balaban J connectivity index is 2.02. The summed E-state index contributed by atoms with van der Waals surface area (Å²) in [5.41, 5.74) is 0.162. The lowest BCUT2D eigenvalue weighted by molar-refractivity contribution is -0.125. The third-order valence-electron chi connectivity index (χ3n) is 2.46. The van der Waals surface area contributed by atoms with Gasteiger partial charge in [0, 0.05) is 6.54 Å². The van der Waals surface area contributed by atoms with Gasteiger partial charge in [0.05, 0.1) is 12.1 Å². The third-order valence-corrected chi connectivity index (χ3v) is 2.46. The van der Waals surface area contributed by atoms with E-state index in [0.717, 1.165) is 19.4 Å². The van der Waals surface area contributed by atoms with Crippen LogP contribution in [-0.2, 0) is 4.79 Å². The fourth-order valence-corrected chi connectivity index (χ4v) is 1.70. The molecular weight excluding hydrogens is 128 g/mol. The van der Waals surface area contributed by atoms with E-state index in [4.69, 9.17) is 0 Å². The zero-order valence-electron chi connectivity index (χ0n) is 5.94. The quantitative estimate of drug-likeness (QED) is 0.482. The number of piperazine rings is 1. The summed E-state index contributed by atoms with van der Waals surface area (Å²) < 4.78 is 0. The number of hydrogen-bond donors (Lipinski definition) is 2. The normalized spacial score (nSPS) is 29.4. The highest BCUT2D eigenvalue weighted by atomic mass is 16.2. The number of rotatable bonds is 0. The molecule has 0 unspecified atom stereocenters. The van der Waals surface area contributed by atoms with Crippen LogP contribution >= 0.6 is 0 Å². The van der Waals surface area contributed by atoms with Crippen molar-refractivity contribution in [1.29, 1.82) is 0 Å². The van der Waals surface area contributed by atoms with Crippen LogP contribution < -0.4 is 10.6 Å². The van der Waals surface area contributed by atoms with Crippen LogP contribution in [0.1, 0.15) is 19.3 Å². The SMILES string of the molecule is O=C1CNCC2(CCC2)N1. The molecule has 1 aliphatic carbocycles. The summed E-state index contributed by atoms with van der Waals surface area (Å²) >= 11 is 0. The number of carbonyl (C=O) groups excluding carboxylic acids is 1. The van der Waals surface area contributed by atoms with E-state index in [1.807, 2.05) is 0 Å². The molecule has 1 saturated heterocycles. The average molecular weight is 140 g/mol. The molecular formula is C7H12N2O. The Morgan fingerprint density at radius 1 is 1.40 bits per heavy atom. The smallest absolute Gasteiger partial charge is 0.234 e. The topological polar surface area (TPSA) is 41.1 Å². The van der Waals surface area contributed by atoms with Gasteiger partial charge in [0.1, 0.15) is 0 Å². The Kier molecular flexibility index (Phi) is 1.20. The Bertz CT molecular complexity index is 163. The molecule has 1 spiro atoms. The predicted molar refractivity (Wildman–Crippen MR) is 37.6 cm³/mol. The molecule has 2 rings (SSSR count). The lowest BCUT2D eigenvalue weighted by Crippen LogP contribution is -2.65. The van der Waals surface area contributed by atoms with E-state index >= 15 is 0 Å². The van der Waals surface area contributed by atoms with Crippen LogP contribution in [0.25, 0.3) is 0 Å². The first-order chi connectivity index (χ1) is 4.81. The fraction of sp³-hybridized carbons (Fsp3) is 0.857. The standard InChI is InChI=1S/C7H12N2O/c10-6-4-8-5-7(9-6)2-1-3-7/h8H,1-5H2,(H,9,10). The third kappa shape index (κ3) is 0.814. The van der Waals surface area contributed by atoms with Crippen molar-refractivity contribution >= 4 is 5.91 Å². The van der Waals surface area contributed by atoms with Crippen molar-refractivity contribution in [2.45, 2.75) is 24.8 Å². The number of carbonyl (C=O) groups is 1. The molecule has 0 aromatic rings. The van der Waals surface area contributed by atoms with Gasteiger partial charge in [-0.25, -0.2) is 0 Å². The molecule has 10 heavy (non-hydrogen) atoms. The summed E-state index contributed by atoms with van der Waals surface area (Å²) in [6, 6.07) is 0. The molecule has 0 aromatic carbocycles. The van der Waals surface area contributed by atoms with Gasteiger partial charge in [-0.05, 0) is 19.3 Å². The van der Waals surface area contributed by atoms with Crippen LogP contribution in [0, 0.1) is 0 Å². The molecule has 2 aliphatic rings. The maximum Gasteiger partial charge on any atom is 0.234 e. The van der Waals surface area contributed by atoms with Crippen molar-refractivity contribution in [2.24, 2.45) is 0 Å². The molecule has 0 radical (unpaired) electrons. The Morgan fingerprint density at radius 3 is 2.60 bits per heavy atom. The molecule has 0 aromatic heterocycles. The molecule has 0 atom stereocenters. The van der Waals surface area contributed by atoms with E-state index in [9.17, 15) is 4.79 Å². The molecule has 0 bridgehead atoms. The van der Waals surface area contributed by atoms with Gasteiger partial charge in [0.2, 0.25) is 5.91 Å². The van der Waals surface area contributed by atoms with E-state index in [0.29, 0.717) is 6.54 Å². The van der Waals surface area contributed by atoms with Crippen LogP contribution in [0.5, 0.6) is 0 Å². The lowest BCUT2D eigenvalue weighted by atomic mass is 9.76. The first-order valence-electron chi connectivity index (χ1n) is 3.83. The van der Waals surface area contributed by atoms with Crippen LogP contribution in [-0.4, -0.2) is 24.5 Å². The van der Waals surface area contributed by atoms with Gasteiger partial charge in [0.15, 0.2) is 0 Å². The number of hydrogen-bond acceptors (Lipinski definition) is 2. The van der Waals surface area contributed by atoms with Crippen LogP contribution in [0.2, 0.25) is 0 Å². The summed E-state index contributed by atoms with van der Waals surface area (Å²) in [7, 11) is 0. The predicted octanol–water partition coefficient (Wildman–Crippen LogP) is -0.372. The van der Waals surface area contributed by atoms with Crippen LogP contribution in [0.4, 0.5) is 0 Å². The second kappa shape index (κ2) is 1.95. The van der Waals surface area contributed by atoms with Crippen molar-refractivity contribution < 1.29 is 4.79 Å². The minimum Gasteiger partial charge on any atom is -0.348 e. The summed E-state index contributed by atoms with van der Waals surface area (Å²) in [5.74, 6) is 0.158. The van der Waals surface area contributed by atoms with Crippen LogP contribution in [0.15, 0.2) is 0 Å². The minimum absolute atomic E-state index is 0.158. The van der Waals surface area contributed by atoms with Gasteiger partial charge < -0.3 is 10.6 Å². The molecule has 1 aliphatic heterocycles. The monoisotopic (exact) mass is 140 g/mol. The summed E-state index contributed by atoms with van der Waals surface area (Å²) in [6.45, 7) is 1.47. The largest absolute Gasteiger partial charge is 0.348 e. The van der Waals surface area contributed by atoms with Gasteiger partial charge in [-0.15, -0.1) is 0 Å². The second-order valence-corrected chi connectivity index (χ2v) is 3.29. The van der Waals surface area contributed by atoms with Crippen LogP contribution in [0.3, 0.4) is 0 Å². The maximum absolute atomic E-state index is 10.9. The molecule has 2 fully saturated rings. The van der Waals surface area contributed by atoms with E-state index < -0.39 is 0 Å². The van der Waals surface area contributed by atoms with Crippen molar-refractivity contribution in [3.63, 3.8) is 0 Å². The average Bonchev–Trinajstić information content (AvgIpc) is 1.85. The number of amides is 1. The molecule has 1 amide bonds. The highest BCUT2D eigenvalue weighted by Crippen LogP contribution is 2.31. The van der Waals surface area contributed by atoms with Gasteiger partial charge >= 0.3 is 0 Å². The van der Waals surface area contributed by atoms with Gasteiger partial charge in [0.25, 0.3) is 0 Å². The van der Waals surface area contributed by atoms with E-state index in [1.165, 1.54) is 6.42 Å². The Hall–Kier alpha value is -0.570. The van der Waals surface area contributed by atoms with Gasteiger partial charge in [-0.1, -0.05) is 0 Å². The van der Waals surface area contributed by atoms with E-state index in [-0.39, 0.29) is 11.4 Å². The van der Waals surface area contributed by atoms with E-state index in [1.54, 1.807) is 0 Å². The van der Waals surface area contributed by atoms with E-state index in [2.05, 4.69) is 10.6 Å². The van der Waals surface area contributed by atoms with Crippen molar-refractivity contribution in [2.75, 3.05) is 13.1 Å². The lowest BCUT2D eigenvalue weighted by Gasteiger charge is -2.45. The molecule has 1 saturated carbocycles. The maximum atomic E-state index is 10.9. The Labute approximate surface area is 60.2 Å². The highest BCUT2D eigenvalue weighted by molar-refractivity contribution is 5.80.